The summed E-state index contributed by atoms with van der Waals surface area (Å²) in [5.74, 6) is 0.253. The van der Waals surface area contributed by atoms with E-state index in [-0.39, 0.29) is 12.0 Å². The number of aromatic amines is 1. The Morgan fingerprint density at radius 1 is 1.33 bits per heavy atom. The van der Waals surface area contributed by atoms with Gasteiger partial charge in [-0.3, -0.25) is 0 Å². The molecule has 2 aliphatic rings. The number of amides is 1. The maximum absolute atomic E-state index is 12.2. The molecule has 3 rings (SSSR count). The summed E-state index contributed by atoms with van der Waals surface area (Å²) in [6.45, 7) is 0.452. The summed E-state index contributed by atoms with van der Waals surface area (Å²) in [4.78, 5) is 21.6. The zero-order valence-corrected chi connectivity index (χ0v) is 12.8. The van der Waals surface area contributed by atoms with Crippen LogP contribution in [0.1, 0.15) is 62.3 Å². The lowest BCUT2D eigenvalue weighted by Crippen LogP contribution is -2.39. The number of carbonyl (C=O) groups excluding carboxylic acids is 1. The number of rotatable bonds is 3. The van der Waals surface area contributed by atoms with Crippen molar-refractivity contribution in [3.63, 3.8) is 0 Å². The molecule has 21 heavy (non-hydrogen) atoms. The van der Waals surface area contributed by atoms with Crippen LogP contribution in [0.15, 0.2) is 6.33 Å². The summed E-state index contributed by atoms with van der Waals surface area (Å²) in [7, 11) is 1.87. The lowest BCUT2D eigenvalue weighted by molar-refractivity contribution is 0.0821. The zero-order valence-electron chi connectivity index (χ0n) is 12.8. The van der Waals surface area contributed by atoms with E-state index in [1.165, 1.54) is 25.0 Å². The standard InChI is InChI=1S/C16H25N3O2/c1-19(13-7-3-2-4-8-13)16(20)21-10-12-6-5-9-14-15(12)18-11-17-14/h11-13H,2-10H2,1H3,(H,17,18). The number of nitrogens with one attached hydrogen (secondary N) is 1. The Bertz CT molecular complexity index is 480. The van der Waals surface area contributed by atoms with E-state index in [9.17, 15) is 4.79 Å². The molecule has 1 saturated carbocycles. The van der Waals surface area contributed by atoms with Gasteiger partial charge in [-0.15, -0.1) is 0 Å². The SMILES string of the molecule is CN(C(=O)OCC1CCCc2[nH]cnc21)C1CCCCC1. The molecule has 1 fully saturated rings. The summed E-state index contributed by atoms with van der Waals surface area (Å²) in [5.41, 5.74) is 2.30. The lowest BCUT2D eigenvalue weighted by atomic mass is 9.90. The van der Waals surface area contributed by atoms with Crippen LogP contribution in [0.2, 0.25) is 0 Å². The molecular formula is C16H25N3O2. The summed E-state index contributed by atoms with van der Waals surface area (Å²) < 4.78 is 5.56. The second-order valence-electron chi connectivity index (χ2n) is 6.34. The number of hydrogen-bond donors (Lipinski definition) is 1. The molecule has 0 radical (unpaired) electrons. The summed E-state index contributed by atoms with van der Waals surface area (Å²) >= 11 is 0. The predicted octanol–water partition coefficient (Wildman–Crippen LogP) is 3.23. The third-order valence-corrected chi connectivity index (χ3v) is 4.94. The van der Waals surface area contributed by atoms with Crippen molar-refractivity contribution in [2.24, 2.45) is 0 Å². The summed E-state index contributed by atoms with van der Waals surface area (Å²) in [5, 5.41) is 0. The highest BCUT2D eigenvalue weighted by atomic mass is 16.6. The Morgan fingerprint density at radius 2 is 2.14 bits per heavy atom. The van der Waals surface area contributed by atoms with Crippen molar-refractivity contribution in [1.82, 2.24) is 14.9 Å². The molecule has 1 atom stereocenters. The van der Waals surface area contributed by atoms with Crippen LogP contribution in [0, 0.1) is 0 Å². The Balaban J connectivity index is 1.52. The van der Waals surface area contributed by atoms with Crippen molar-refractivity contribution < 1.29 is 9.53 Å². The number of aromatic nitrogens is 2. The van der Waals surface area contributed by atoms with E-state index in [2.05, 4.69) is 9.97 Å². The van der Waals surface area contributed by atoms with Gasteiger partial charge in [0, 0.05) is 24.7 Å². The largest absolute Gasteiger partial charge is 0.449 e. The molecule has 0 bridgehead atoms. The quantitative estimate of drug-likeness (QED) is 0.930. The van der Waals surface area contributed by atoms with Crippen molar-refractivity contribution in [2.45, 2.75) is 63.3 Å². The van der Waals surface area contributed by atoms with Crippen molar-refractivity contribution in [3.05, 3.63) is 17.7 Å². The van der Waals surface area contributed by atoms with Gasteiger partial charge >= 0.3 is 6.09 Å². The second-order valence-corrected chi connectivity index (χ2v) is 6.34. The molecular weight excluding hydrogens is 266 g/mol. The molecule has 2 aliphatic carbocycles. The van der Waals surface area contributed by atoms with Gasteiger partial charge in [0.15, 0.2) is 0 Å². The molecule has 5 heteroatoms. The van der Waals surface area contributed by atoms with Gasteiger partial charge in [0.1, 0.15) is 6.61 Å². The van der Waals surface area contributed by atoms with E-state index in [0.717, 1.165) is 37.8 Å². The van der Waals surface area contributed by atoms with Crippen LogP contribution in [0.3, 0.4) is 0 Å². The highest BCUT2D eigenvalue weighted by molar-refractivity contribution is 5.67. The van der Waals surface area contributed by atoms with Gasteiger partial charge in [0.05, 0.1) is 12.0 Å². The van der Waals surface area contributed by atoms with Gasteiger partial charge < -0.3 is 14.6 Å². The van der Waals surface area contributed by atoms with Gasteiger partial charge in [0.25, 0.3) is 0 Å². The number of hydrogen-bond acceptors (Lipinski definition) is 3. The van der Waals surface area contributed by atoms with Gasteiger partial charge in [-0.2, -0.15) is 0 Å². The Morgan fingerprint density at radius 3 is 2.95 bits per heavy atom. The fourth-order valence-electron chi connectivity index (χ4n) is 3.60. The minimum atomic E-state index is -0.176. The minimum Gasteiger partial charge on any atom is -0.449 e. The third kappa shape index (κ3) is 3.22. The van der Waals surface area contributed by atoms with Crippen molar-refractivity contribution in [3.8, 4) is 0 Å². The molecule has 1 aromatic rings. The van der Waals surface area contributed by atoms with Crippen molar-refractivity contribution in [2.75, 3.05) is 13.7 Å². The topological polar surface area (TPSA) is 58.2 Å². The highest BCUT2D eigenvalue weighted by Gasteiger charge is 2.27. The smallest absolute Gasteiger partial charge is 0.409 e. The maximum atomic E-state index is 12.2. The van der Waals surface area contributed by atoms with Crippen LogP contribution in [0.25, 0.3) is 0 Å². The Kier molecular flexibility index (Phi) is 4.46. The number of aryl methyl sites for hydroxylation is 1. The maximum Gasteiger partial charge on any atom is 0.409 e. The first-order chi connectivity index (χ1) is 10.3. The van der Waals surface area contributed by atoms with Gasteiger partial charge in [0.2, 0.25) is 0 Å². The molecule has 5 nitrogen and oxygen atoms in total. The molecule has 0 spiro atoms. The first-order valence-corrected chi connectivity index (χ1v) is 8.17. The van der Waals surface area contributed by atoms with Crippen LogP contribution < -0.4 is 0 Å². The van der Waals surface area contributed by atoms with E-state index in [0.29, 0.717) is 12.6 Å². The molecule has 0 aromatic carbocycles. The van der Waals surface area contributed by atoms with E-state index >= 15 is 0 Å². The first-order valence-electron chi connectivity index (χ1n) is 8.17. The first kappa shape index (κ1) is 14.4. The molecule has 1 aromatic heterocycles. The lowest BCUT2D eigenvalue weighted by Gasteiger charge is -2.31. The average molecular weight is 291 g/mol. The molecule has 1 unspecified atom stereocenters. The number of imidazole rings is 1. The third-order valence-electron chi connectivity index (χ3n) is 4.94. The molecule has 0 aliphatic heterocycles. The van der Waals surface area contributed by atoms with Crippen LogP contribution in [0.4, 0.5) is 4.79 Å². The molecule has 1 heterocycles. The van der Waals surface area contributed by atoms with E-state index < -0.39 is 0 Å². The van der Waals surface area contributed by atoms with Gasteiger partial charge in [-0.1, -0.05) is 19.3 Å². The number of ether oxygens (including phenoxy) is 1. The Hall–Kier alpha value is -1.52. The molecule has 0 saturated heterocycles. The number of carbonyl (C=O) groups is 1. The van der Waals surface area contributed by atoms with Crippen LogP contribution >= 0.6 is 0 Å². The van der Waals surface area contributed by atoms with Gasteiger partial charge in [-0.05, 0) is 32.1 Å². The zero-order chi connectivity index (χ0) is 14.7. The summed E-state index contributed by atoms with van der Waals surface area (Å²) in [6, 6.07) is 0.360. The van der Waals surface area contributed by atoms with Crippen molar-refractivity contribution >= 4 is 6.09 Å². The van der Waals surface area contributed by atoms with Crippen LogP contribution in [-0.4, -0.2) is 40.7 Å². The fourth-order valence-corrected chi connectivity index (χ4v) is 3.60. The van der Waals surface area contributed by atoms with E-state index in [1.807, 2.05) is 7.05 Å². The summed E-state index contributed by atoms with van der Waals surface area (Å²) in [6.07, 6.45) is 10.8. The van der Waals surface area contributed by atoms with Crippen LogP contribution in [0.5, 0.6) is 0 Å². The second kappa shape index (κ2) is 6.50. The van der Waals surface area contributed by atoms with Crippen molar-refractivity contribution in [1.29, 1.82) is 0 Å². The fraction of sp³-hybridized carbons (Fsp3) is 0.750. The number of nitrogens with zero attached hydrogens (tertiary/aromatic N) is 2. The monoisotopic (exact) mass is 291 g/mol. The molecule has 1 amide bonds. The van der Waals surface area contributed by atoms with E-state index in [1.54, 1.807) is 11.2 Å². The predicted molar refractivity (Wildman–Crippen MR) is 80.3 cm³/mol. The Labute approximate surface area is 126 Å². The number of H-pyrrole nitrogens is 1. The average Bonchev–Trinajstić information content (AvgIpc) is 3.02. The normalized spacial score (nSPS) is 22.6. The number of fused-ring (bicyclic) bond motifs is 1. The molecule has 1 N–H and O–H groups in total. The van der Waals surface area contributed by atoms with Gasteiger partial charge in [-0.25, -0.2) is 9.78 Å². The molecule has 116 valence electrons. The highest BCUT2D eigenvalue weighted by Crippen LogP contribution is 2.29. The minimum absolute atomic E-state index is 0.176. The van der Waals surface area contributed by atoms with Crippen LogP contribution in [-0.2, 0) is 11.2 Å². The van der Waals surface area contributed by atoms with E-state index in [4.69, 9.17) is 4.74 Å².